The van der Waals surface area contributed by atoms with Crippen molar-refractivity contribution in [3.8, 4) is 0 Å². The lowest BCUT2D eigenvalue weighted by molar-refractivity contribution is -0.139. The Morgan fingerprint density at radius 3 is 2.18 bits per heavy atom. The van der Waals surface area contributed by atoms with Gasteiger partial charge < -0.3 is 20.1 Å². The summed E-state index contributed by atoms with van der Waals surface area (Å²) >= 11 is 0. The van der Waals surface area contributed by atoms with Gasteiger partial charge in [-0.15, -0.1) is 0 Å². The third-order valence-corrected chi connectivity index (χ3v) is 3.75. The van der Waals surface area contributed by atoms with Crippen molar-refractivity contribution in [2.45, 2.75) is 12.6 Å². The van der Waals surface area contributed by atoms with Crippen LogP contribution in [0.5, 0.6) is 0 Å². The molecule has 2 N–H and O–H groups in total. The Morgan fingerprint density at radius 2 is 1.54 bits per heavy atom. The number of methoxy groups -OCH3 is 1. The van der Waals surface area contributed by atoms with E-state index in [1.807, 2.05) is 60.7 Å². The van der Waals surface area contributed by atoms with E-state index < -0.39 is 18.0 Å². The molecule has 7 heteroatoms. The van der Waals surface area contributed by atoms with E-state index in [1.54, 1.807) is 0 Å². The van der Waals surface area contributed by atoms with Crippen LogP contribution in [0, 0.1) is 0 Å². The number of rotatable bonds is 8. The van der Waals surface area contributed by atoms with E-state index in [0.29, 0.717) is 6.54 Å². The Bertz CT molecular complexity index is 806. The van der Waals surface area contributed by atoms with Gasteiger partial charge in [0.15, 0.2) is 0 Å². The van der Waals surface area contributed by atoms with Gasteiger partial charge in [-0.25, -0.2) is 14.4 Å². The number of urea groups is 1. The SMILES string of the molecule is COC(=O)/C=C/C(=O)OC[C@H](NC(=O)NCc1ccccc1)c1ccccc1. The first-order chi connectivity index (χ1) is 13.6. The molecule has 1 atom stereocenters. The molecular weight excluding hydrogens is 360 g/mol. The molecule has 146 valence electrons. The van der Waals surface area contributed by atoms with E-state index in [9.17, 15) is 14.4 Å². The van der Waals surface area contributed by atoms with Gasteiger partial charge in [-0.05, 0) is 11.1 Å². The van der Waals surface area contributed by atoms with Crippen LogP contribution in [0.3, 0.4) is 0 Å². The van der Waals surface area contributed by atoms with Crippen molar-refractivity contribution in [3.63, 3.8) is 0 Å². The first kappa shape index (κ1) is 20.7. The molecular formula is C21H22N2O5. The Balaban J connectivity index is 1.94. The van der Waals surface area contributed by atoms with E-state index in [1.165, 1.54) is 7.11 Å². The van der Waals surface area contributed by atoms with E-state index >= 15 is 0 Å². The van der Waals surface area contributed by atoms with Gasteiger partial charge in [0.1, 0.15) is 6.61 Å². The minimum Gasteiger partial charge on any atom is -0.466 e. The predicted molar refractivity (Wildman–Crippen MR) is 103 cm³/mol. The molecule has 0 fully saturated rings. The molecule has 0 spiro atoms. The summed E-state index contributed by atoms with van der Waals surface area (Å²) in [5.74, 6) is -1.37. The van der Waals surface area contributed by atoms with E-state index in [-0.39, 0.29) is 12.6 Å². The zero-order valence-electron chi connectivity index (χ0n) is 15.5. The standard InChI is InChI=1S/C21H22N2O5/c1-27-19(24)12-13-20(25)28-15-18(17-10-6-3-7-11-17)23-21(26)22-14-16-8-4-2-5-9-16/h2-13,18H,14-15H2,1H3,(H2,22,23,26)/b13-12+/t18-/m0/s1. The summed E-state index contributed by atoms with van der Waals surface area (Å²) in [6.45, 7) is 0.281. The molecule has 0 unspecified atom stereocenters. The van der Waals surface area contributed by atoms with Gasteiger partial charge in [0.2, 0.25) is 0 Å². The molecule has 2 amide bonds. The summed E-state index contributed by atoms with van der Waals surface area (Å²) in [5, 5.41) is 5.56. The Morgan fingerprint density at radius 1 is 0.929 bits per heavy atom. The summed E-state index contributed by atoms with van der Waals surface area (Å²) in [6.07, 6.45) is 1.95. The van der Waals surface area contributed by atoms with Crippen molar-refractivity contribution in [2.24, 2.45) is 0 Å². The third kappa shape index (κ3) is 7.33. The molecule has 7 nitrogen and oxygen atoms in total. The predicted octanol–water partition coefficient (Wildman–Crippen LogP) is 2.50. The van der Waals surface area contributed by atoms with E-state index in [4.69, 9.17) is 4.74 Å². The number of ether oxygens (including phenoxy) is 2. The lowest BCUT2D eigenvalue weighted by atomic mass is 10.1. The number of hydrogen-bond acceptors (Lipinski definition) is 5. The average molecular weight is 382 g/mol. The molecule has 0 saturated heterocycles. The third-order valence-electron chi connectivity index (χ3n) is 3.75. The highest BCUT2D eigenvalue weighted by molar-refractivity contribution is 5.91. The van der Waals surface area contributed by atoms with Crippen LogP contribution >= 0.6 is 0 Å². The number of esters is 2. The average Bonchev–Trinajstić information content (AvgIpc) is 2.74. The minimum absolute atomic E-state index is 0.0902. The number of hydrogen-bond donors (Lipinski definition) is 2. The van der Waals surface area contributed by atoms with Gasteiger partial charge in [0.05, 0.1) is 13.2 Å². The molecule has 2 aromatic rings. The first-order valence-electron chi connectivity index (χ1n) is 8.64. The second kappa shape index (κ2) is 11.2. The van der Waals surface area contributed by atoms with Crippen molar-refractivity contribution in [1.29, 1.82) is 0 Å². The van der Waals surface area contributed by atoms with Crippen LogP contribution in [0.15, 0.2) is 72.8 Å². The minimum atomic E-state index is -0.710. The van der Waals surface area contributed by atoms with E-state index in [0.717, 1.165) is 23.3 Å². The Kier molecular flexibility index (Phi) is 8.26. The number of carbonyl (C=O) groups is 3. The van der Waals surface area contributed by atoms with Crippen LogP contribution in [-0.4, -0.2) is 31.7 Å². The van der Waals surface area contributed by atoms with Crippen molar-refractivity contribution in [2.75, 3.05) is 13.7 Å². The summed E-state index contributed by atoms with van der Waals surface area (Å²) in [7, 11) is 1.21. The molecule has 2 rings (SSSR count). The smallest absolute Gasteiger partial charge is 0.331 e. The number of carbonyl (C=O) groups excluding carboxylic acids is 3. The number of nitrogens with one attached hydrogen (secondary N) is 2. The fourth-order valence-electron chi connectivity index (χ4n) is 2.31. The maximum atomic E-state index is 12.3. The van der Waals surface area contributed by atoms with Crippen molar-refractivity contribution in [1.82, 2.24) is 10.6 Å². The summed E-state index contributed by atoms with van der Waals surface area (Å²) in [6, 6.07) is 17.7. The summed E-state index contributed by atoms with van der Waals surface area (Å²) < 4.78 is 9.55. The maximum Gasteiger partial charge on any atom is 0.331 e. The number of benzene rings is 2. The fourth-order valence-corrected chi connectivity index (χ4v) is 2.31. The topological polar surface area (TPSA) is 93.7 Å². The van der Waals surface area contributed by atoms with Crippen LogP contribution in [-0.2, 0) is 25.6 Å². The molecule has 28 heavy (non-hydrogen) atoms. The lowest BCUT2D eigenvalue weighted by Crippen LogP contribution is -2.39. The van der Waals surface area contributed by atoms with Crippen LogP contribution in [0.4, 0.5) is 4.79 Å². The van der Waals surface area contributed by atoms with Gasteiger partial charge in [0.25, 0.3) is 0 Å². The highest BCUT2D eigenvalue weighted by Gasteiger charge is 2.16. The van der Waals surface area contributed by atoms with Gasteiger partial charge in [-0.3, -0.25) is 0 Å². The van der Waals surface area contributed by atoms with Crippen LogP contribution in [0.1, 0.15) is 17.2 Å². The van der Waals surface area contributed by atoms with Crippen LogP contribution in [0.2, 0.25) is 0 Å². The number of amides is 2. The highest BCUT2D eigenvalue weighted by atomic mass is 16.5. The monoisotopic (exact) mass is 382 g/mol. The zero-order valence-corrected chi connectivity index (χ0v) is 15.5. The van der Waals surface area contributed by atoms with Gasteiger partial charge in [-0.1, -0.05) is 60.7 Å². The molecule has 0 radical (unpaired) electrons. The Hall–Kier alpha value is -3.61. The van der Waals surface area contributed by atoms with Crippen molar-refractivity contribution < 1.29 is 23.9 Å². The van der Waals surface area contributed by atoms with Gasteiger partial charge >= 0.3 is 18.0 Å². The van der Waals surface area contributed by atoms with Crippen LogP contribution in [0.25, 0.3) is 0 Å². The van der Waals surface area contributed by atoms with Gasteiger partial charge in [-0.2, -0.15) is 0 Å². The molecule has 0 aromatic heterocycles. The van der Waals surface area contributed by atoms with Gasteiger partial charge in [0, 0.05) is 18.7 Å². The zero-order chi connectivity index (χ0) is 20.2. The summed E-state index contributed by atoms with van der Waals surface area (Å²) in [4.78, 5) is 35.0. The normalized spacial score (nSPS) is 11.5. The second-order valence-corrected chi connectivity index (χ2v) is 5.76. The fraction of sp³-hybridized carbons (Fsp3) is 0.190. The van der Waals surface area contributed by atoms with Crippen molar-refractivity contribution in [3.05, 3.63) is 83.9 Å². The lowest BCUT2D eigenvalue weighted by Gasteiger charge is -2.19. The molecule has 0 saturated carbocycles. The maximum absolute atomic E-state index is 12.3. The highest BCUT2D eigenvalue weighted by Crippen LogP contribution is 2.13. The molecule has 0 aliphatic heterocycles. The molecule has 0 aliphatic carbocycles. The molecule has 2 aromatic carbocycles. The van der Waals surface area contributed by atoms with Crippen molar-refractivity contribution >= 4 is 18.0 Å². The molecule has 0 bridgehead atoms. The molecule has 0 heterocycles. The summed E-state index contributed by atoms with van der Waals surface area (Å²) in [5.41, 5.74) is 1.75. The largest absolute Gasteiger partial charge is 0.466 e. The quantitative estimate of drug-likeness (QED) is 0.540. The van der Waals surface area contributed by atoms with E-state index in [2.05, 4.69) is 15.4 Å². The first-order valence-corrected chi connectivity index (χ1v) is 8.64. The van der Waals surface area contributed by atoms with Crippen LogP contribution < -0.4 is 10.6 Å². The molecule has 0 aliphatic rings. The second-order valence-electron chi connectivity index (χ2n) is 5.76. The Labute approximate surface area is 163 Å².